The summed E-state index contributed by atoms with van der Waals surface area (Å²) in [6.45, 7) is 5.76. The lowest BCUT2D eigenvalue weighted by Gasteiger charge is -2.26. The lowest BCUT2D eigenvalue weighted by atomic mass is 10.0. The SMILES string of the molecule is CC(C)C(N)CCN(C)C(=O)c1cccc(S(=O)(=O)N2CCCCC2)c1.Cl. The Hall–Kier alpha value is -1.15. The van der Waals surface area contributed by atoms with Crippen molar-refractivity contribution in [2.24, 2.45) is 11.7 Å². The van der Waals surface area contributed by atoms with Gasteiger partial charge in [0.2, 0.25) is 10.0 Å². The molecule has 1 aliphatic heterocycles. The van der Waals surface area contributed by atoms with Crippen molar-refractivity contribution in [1.82, 2.24) is 9.21 Å². The highest BCUT2D eigenvalue weighted by Crippen LogP contribution is 2.21. The number of nitrogens with zero attached hydrogens (tertiary/aromatic N) is 2. The molecule has 0 radical (unpaired) electrons. The summed E-state index contributed by atoms with van der Waals surface area (Å²) >= 11 is 0. The van der Waals surface area contributed by atoms with Crippen LogP contribution in [0.3, 0.4) is 0 Å². The van der Waals surface area contributed by atoms with E-state index in [1.54, 1.807) is 30.1 Å². The van der Waals surface area contributed by atoms with Crippen LogP contribution < -0.4 is 5.73 Å². The van der Waals surface area contributed by atoms with Crippen LogP contribution in [0.1, 0.15) is 49.9 Å². The molecule has 1 saturated heterocycles. The zero-order valence-corrected chi connectivity index (χ0v) is 18.1. The Labute approximate surface area is 169 Å². The number of benzene rings is 1. The molecule has 1 unspecified atom stereocenters. The number of rotatable bonds is 7. The first-order valence-electron chi connectivity index (χ1n) is 9.34. The predicted molar refractivity (Wildman–Crippen MR) is 111 cm³/mol. The van der Waals surface area contributed by atoms with Gasteiger partial charge in [0.05, 0.1) is 4.90 Å². The summed E-state index contributed by atoms with van der Waals surface area (Å²) in [6, 6.07) is 6.39. The molecular weight excluding hydrogens is 386 g/mol. The van der Waals surface area contributed by atoms with Crippen molar-refractivity contribution < 1.29 is 13.2 Å². The average molecular weight is 418 g/mol. The highest BCUT2D eigenvalue weighted by molar-refractivity contribution is 7.89. The Kier molecular flexibility index (Phi) is 9.21. The number of sulfonamides is 1. The first kappa shape index (κ1) is 23.9. The zero-order chi connectivity index (χ0) is 19.3. The van der Waals surface area contributed by atoms with Crippen molar-refractivity contribution in [3.63, 3.8) is 0 Å². The van der Waals surface area contributed by atoms with E-state index in [2.05, 4.69) is 13.8 Å². The quantitative estimate of drug-likeness (QED) is 0.739. The maximum absolute atomic E-state index is 12.8. The van der Waals surface area contributed by atoms with E-state index >= 15 is 0 Å². The average Bonchev–Trinajstić information content (AvgIpc) is 2.65. The van der Waals surface area contributed by atoms with Crippen molar-refractivity contribution in [2.45, 2.75) is 50.5 Å². The van der Waals surface area contributed by atoms with E-state index in [1.807, 2.05) is 0 Å². The van der Waals surface area contributed by atoms with E-state index in [1.165, 1.54) is 10.4 Å². The van der Waals surface area contributed by atoms with Gasteiger partial charge in [-0.25, -0.2) is 8.42 Å². The molecule has 1 aliphatic rings. The zero-order valence-electron chi connectivity index (χ0n) is 16.4. The summed E-state index contributed by atoms with van der Waals surface area (Å²) in [5, 5.41) is 0. The normalized spacial score (nSPS) is 16.6. The van der Waals surface area contributed by atoms with E-state index in [4.69, 9.17) is 5.73 Å². The van der Waals surface area contributed by atoms with Crippen molar-refractivity contribution in [1.29, 1.82) is 0 Å². The van der Waals surface area contributed by atoms with Crippen LogP contribution in [-0.4, -0.2) is 56.3 Å². The third-order valence-corrected chi connectivity index (χ3v) is 6.93. The van der Waals surface area contributed by atoms with E-state index in [-0.39, 0.29) is 29.3 Å². The Morgan fingerprint density at radius 1 is 1.22 bits per heavy atom. The molecule has 27 heavy (non-hydrogen) atoms. The van der Waals surface area contributed by atoms with Crippen LogP contribution in [0.5, 0.6) is 0 Å². The first-order chi connectivity index (χ1) is 12.2. The van der Waals surface area contributed by atoms with E-state index in [9.17, 15) is 13.2 Å². The molecule has 6 nitrogen and oxygen atoms in total. The van der Waals surface area contributed by atoms with Gasteiger partial charge in [0, 0.05) is 38.3 Å². The molecule has 154 valence electrons. The van der Waals surface area contributed by atoms with E-state index in [0.29, 0.717) is 37.5 Å². The maximum atomic E-state index is 12.8. The fourth-order valence-corrected chi connectivity index (χ4v) is 4.61. The van der Waals surface area contributed by atoms with Gasteiger partial charge in [-0.1, -0.05) is 26.3 Å². The number of nitrogens with two attached hydrogens (primary N) is 1. The van der Waals surface area contributed by atoms with Crippen LogP contribution in [0.15, 0.2) is 29.2 Å². The van der Waals surface area contributed by atoms with Gasteiger partial charge in [0.25, 0.3) is 5.91 Å². The van der Waals surface area contributed by atoms with Gasteiger partial charge >= 0.3 is 0 Å². The van der Waals surface area contributed by atoms with Crippen LogP contribution in [0.2, 0.25) is 0 Å². The van der Waals surface area contributed by atoms with Crippen LogP contribution >= 0.6 is 12.4 Å². The van der Waals surface area contributed by atoms with E-state index in [0.717, 1.165) is 19.3 Å². The number of hydrogen-bond donors (Lipinski definition) is 1. The predicted octanol–water partition coefficient (Wildman–Crippen LogP) is 2.73. The van der Waals surface area contributed by atoms with Crippen LogP contribution in [0, 0.1) is 5.92 Å². The highest BCUT2D eigenvalue weighted by Gasteiger charge is 2.26. The Bertz CT molecular complexity index is 719. The second-order valence-corrected chi connectivity index (χ2v) is 9.35. The molecule has 8 heteroatoms. The van der Waals surface area contributed by atoms with Gasteiger partial charge < -0.3 is 10.6 Å². The summed E-state index contributed by atoms with van der Waals surface area (Å²) in [5.74, 6) is 0.174. The van der Waals surface area contributed by atoms with Crippen molar-refractivity contribution in [3.8, 4) is 0 Å². The Morgan fingerprint density at radius 2 is 1.85 bits per heavy atom. The fourth-order valence-electron chi connectivity index (χ4n) is 3.04. The summed E-state index contributed by atoms with van der Waals surface area (Å²) in [7, 11) is -1.81. The summed E-state index contributed by atoms with van der Waals surface area (Å²) in [4.78, 5) is 14.5. The van der Waals surface area contributed by atoms with Crippen LogP contribution in [0.4, 0.5) is 0 Å². The van der Waals surface area contributed by atoms with Crippen LogP contribution in [0.25, 0.3) is 0 Å². The molecule has 1 aromatic carbocycles. The summed E-state index contributed by atoms with van der Waals surface area (Å²) in [5.41, 5.74) is 6.44. The number of amides is 1. The molecule has 0 aliphatic carbocycles. The number of hydrogen-bond acceptors (Lipinski definition) is 4. The van der Waals surface area contributed by atoms with Crippen molar-refractivity contribution in [2.75, 3.05) is 26.7 Å². The minimum Gasteiger partial charge on any atom is -0.342 e. The van der Waals surface area contributed by atoms with Crippen molar-refractivity contribution in [3.05, 3.63) is 29.8 Å². The first-order valence-corrected chi connectivity index (χ1v) is 10.8. The van der Waals surface area contributed by atoms with Gasteiger partial charge in [0.15, 0.2) is 0 Å². The molecule has 1 aromatic rings. The van der Waals surface area contributed by atoms with E-state index < -0.39 is 10.0 Å². The molecule has 1 heterocycles. The molecule has 1 amide bonds. The van der Waals surface area contributed by atoms with Gasteiger partial charge in [-0.2, -0.15) is 4.31 Å². The number of piperidine rings is 1. The topological polar surface area (TPSA) is 83.7 Å². The highest BCUT2D eigenvalue weighted by atomic mass is 35.5. The summed E-state index contributed by atoms with van der Waals surface area (Å²) in [6.07, 6.45) is 3.55. The molecule has 2 N–H and O–H groups in total. The Morgan fingerprint density at radius 3 is 2.44 bits per heavy atom. The molecule has 0 bridgehead atoms. The molecule has 1 fully saturated rings. The van der Waals surface area contributed by atoms with Crippen LogP contribution in [-0.2, 0) is 10.0 Å². The second kappa shape index (κ2) is 10.4. The smallest absolute Gasteiger partial charge is 0.253 e. The van der Waals surface area contributed by atoms with Crippen molar-refractivity contribution >= 4 is 28.3 Å². The third-order valence-electron chi connectivity index (χ3n) is 5.03. The minimum atomic E-state index is -3.54. The fraction of sp³-hybridized carbons (Fsp3) is 0.632. The maximum Gasteiger partial charge on any atom is 0.253 e. The molecule has 0 spiro atoms. The Balaban J connectivity index is 0.00000364. The second-order valence-electron chi connectivity index (χ2n) is 7.42. The number of carbonyl (C=O) groups is 1. The molecular formula is C19H32ClN3O3S. The molecule has 0 saturated carbocycles. The largest absolute Gasteiger partial charge is 0.342 e. The number of carbonyl (C=O) groups excluding carboxylic acids is 1. The lowest BCUT2D eigenvalue weighted by Crippen LogP contribution is -2.36. The molecule has 1 atom stereocenters. The standard InChI is InChI=1S/C19H31N3O3S.ClH/c1-15(2)18(20)10-13-21(3)19(23)16-8-7-9-17(14-16)26(24,25)22-11-5-4-6-12-22;/h7-9,14-15,18H,4-6,10-13,20H2,1-3H3;1H. The number of halogens is 1. The minimum absolute atomic E-state index is 0. The van der Waals surface area contributed by atoms with Gasteiger partial charge in [-0.05, 0) is 43.4 Å². The van der Waals surface area contributed by atoms with Gasteiger partial charge in [-0.3, -0.25) is 4.79 Å². The molecule has 2 rings (SSSR count). The van der Waals surface area contributed by atoms with Gasteiger partial charge in [-0.15, -0.1) is 12.4 Å². The lowest BCUT2D eigenvalue weighted by molar-refractivity contribution is 0.0789. The van der Waals surface area contributed by atoms with Gasteiger partial charge in [0.1, 0.15) is 0 Å². The third kappa shape index (κ3) is 6.17. The summed E-state index contributed by atoms with van der Waals surface area (Å²) < 4.78 is 27.1. The molecule has 0 aromatic heterocycles. The monoisotopic (exact) mass is 417 g/mol.